The summed E-state index contributed by atoms with van der Waals surface area (Å²) in [7, 11) is 0. The van der Waals surface area contributed by atoms with Gasteiger partial charge in [0.15, 0.2) is 0 Å². The number of rotatable bonds is 5. The number of ether oxygens (including phenoxy) is 1. The molecule has 35 heavy (non-hydrogen) atoms. The van der Waals surface area contributed by atoms with Crippen molar-refractivity contribution in [1.82, 2.24) is 10.3 Å². The quantitative estimate of drug-likeness (QED) is 0.617. The lowest BCUT2D eigenvalue weighted by molar-refractivity contribution is 0.0757. The highest BCUT2D eigenvalue weighted by Crippen LogP contribution is 2.32. The summed E-state index contributed by atoms with van der Waals surface area (Å²) in [6.07, 6.45) is 1.80. The van der Waals surface area contributed by atoms with Gasteiger partial charge in [-0.05, 0) is 54.4 Å². The van der Waals surface area contributed by atoms with Crippen molar-refractivity contribution in [1.29, 1.82) is 5.26 Å². The van der Waals surface area contributed by atoms with Crippen LogP contribution in [0.2, 0.25) is 0 Å². The first kappa shape index (κ1) is 22.9. The van der Waals surface area contributed by atoms with Crippen LogP contribution >= 0.6 is 0 Å². The van der Waals surface area contributed by atoms with E-state index in [2.05, 4.69) is 56.5 Å². The van der Waals surface area contributed by atoms with Gasteiger partial charge in [-0.25, -0.2) is 0 Å². The number of piperazine rings is 1. The molecule has 7 nitrogen and oxygen atoms in total. The number of benzene rings is 2. The highest BCUT2D eigenvalue weighted by atomic mass is 16.5. The number of anilines is 2. The molecule has 2 aromatic carbocycles. The molecule has 1 atom stereocenters. The van der Waals surface area contributed by atoms with Crippen LogP contribution in [-0.2, 0) is 23.3 Å². The Kier molecular flexibility index (Phi) is 6.39. The van der Waals surface area contributed by atoms with E-state index in [-0.39, 0.29) is 5.91 Å². The molecule has 1 saturated heterocycles. The number of nitrogens with zero attached hydrogens (tertiary/aromatic N) is 4. The normalized spacial score (nSPS) is 19.5. The van der Waals surface area contributed by atoms with Crippen LogP contribution in [0.25, 0.3) is 0 Å². The molecule has 178 valence electrons. The molecule has 0 radical (unpaired) electrons. The van der Waals surface area contributed by atoms with Crippen molar-refractivity contribution in [3.63, 3.8) is 0 Å². The maximum absolute atomic E-state index is 12.9. The van der Waals surface area contributed by atoms with Gasteiger partial charge in [-0.1, -0.05) is 24.3 Å². The van der Waals surface area contributed by atoms with E-state index in [1.165, 1.54) is 5.69 Å². The topological polar surface area (TPSA) is 81.5 Å². The van der Waals surface area contributed by atoms with Gasteiger partial charge in [0.05, 0.1) is 31.5 Å². The Balaban J connectivity index is 1.21. The number of carbonyl (C=O) groups excluding carboxylic acids is 1. The Morgan fingerprint density at radius 1 is 1.06 bits per heavy atom. The Morgan fingerprint density at radius 2 is 1.80 bits per heavy atom. The first-order chi connectivity index (χ1) is 17.1. The van der Waals surface area contributed by atoms with Crippen LogP contribution in [0.4, 0.5) is 11.4 Å². The van der Waals surface area contributed by atoms with Gasteiger partial charge in [-0.15, -0.1) is 0 Å². The molecule has 7 heteroatoms. The van der Waals surface area contributed by atoms with Gasteiger partial charge in [0, 0.05) is 49.3 Å². The van der Waals surface area contributed by atoms with Crippen molar-refractivity contribution in [2.75, 3.05) is 42.6 Å². The number of pyridine rings is 1. The van der Waals surface area contributed by atoms with Crippen molar-refractivity contribution in [2.45, 2.75) is 25.5 Å². The fourth-order valence-corrected chi connectivity index (χ4v) is 4.79. The molecule has 0 saturated carbocycles. The highest BCUT2D eigenvalue weighted by molar-refractivity contribution is 5.94. The van der Waals surface area contributed by atoms with Crippen molar-refractivity contribution in [2.24, 2.45) is 0 Å². The lowest BCUT2D eigenvalue weighted by atomic mass is 9.79. The van der Waals surface area contributed by atoms with Gasteiger partial charge in [-0.2, -0.15) is 5.26 Å². The van der Waals surface area contributed by atoms with E-state index in [1.807, 2.05) is 31.2 Å². The molecule has 3 aromatic rings. The molecule has 3 heterocycles. The van der Waals surface area contributed by atoms with Crippen LogP contribution in [0.3, 0.4) is 0 Å². The smallest absolute Gasteiger partial charge is 0.251 e. The summed E-state index contributed by atoms with van der Waals surface area (Å²) >= 11 is 0. The summed E-state index contributed by atoms with van der Waals surface area (Å²) in [5.41, 5.74) is 4.82. The predicted molar refractivity (Wildman–Crippen MR) is 135 cm³/mol. The van der Waals surface area contributed by atoms with E-state index >= 15 is 0 Å². The minimum Gasteiger partial charge on any atom is -0.375 e. The second-order valence-electron chi connectivity index (χ2n) is 9.31. The molecule has 1 fully saturated rings. The average molecular weight is 468 g/mol. The fraction of sp³-hybridized carbons (Fsp3) is 0.321. The van der Waals surface area contributed by atoms with Crippen LogP contribution in [0.15, 0.2) is 66.9 Å². The number of fused-ring (bicyclic) bond motifs is 1. The molecule has 0 unspecified atom stereocenters. The Hall–Kier alpha value is -3.89. The molecule has 0 aliphatic carbocycles. The zero-order chi connectivity index (χ0) is 24.3. The largest absolute Gasteiger partial charge is 0.375 e. The van der Waals surface area contributed by atoms with E-state index in [0.29, 0.717) is 25.3 Å². The number of carbonyl (C=O) groups is 1. The van der Waals surface area contributed by atoms with Crippen LogP contribution in [-0.4, -0.2) is 43.7 Å². The monoisotopic (exact) mass is 467 g/mol. The molecule has 1 amide bonds. The fourth-order valence-electron chi connectivity index (χ4n) is 4.79. The SMILES string of the molecule is C[C@@]1(C#N)COCc2ccc(C(=O)NCc3cc(N4CCN(c5ccccc5)CC4)ccn3)cc21. The molecule has 0 bridgehead atoms. The van der Waals surface area contributed by atoms with Crippen molar-refractivity contribution >= 4 is 17.3 Å². The lowest BCUT2D eigenvalue weighted by Crippen LogP contribution is -2.46. The molecule has 1 N–H and O–H groups in total. The third kappa shape index (κ3) is 4.84. The number of para-hydroxylation sites is 1. The zero-order valence-corrected chi connectivity index (χ0v) is 19.9. The second kappa shape index (κ2) is 9.77. The number of nitriles is 1. The molecule has 2 aliphatic rings. The van der Waals surface area contributed by atoms with Crippen molar-refractivity contribution in [3.8, 4) is 6.07 Å². The number of amides is 1. The van der Waals surface area contributed by atoms with E-state index in [1.54, 1.807) is 12.3 Å². The summed E-state index contributed by atoms with van der Waals surface area (Å²) in [5.74, 6) is -0.178. The Bertz CT molecular complexity index is 1250. The average Bonchev–Trinajstić information content (AvgIpc) is 2.92. The van der Waals surface area contributed by atoms with Gasteiger partial charge >= 0.3 is 0 Å². The maximum Gasteiger partial charge on any atom is 0.251 e. The third-order valence-corrected chi connectivity index (χ3v) is 6.86. The van der Waals surface area contributed by atoms with E-state index in [9.17, 15) is 10.1 Å². The first-order valence-electron chi connectivity index (χ1n) is 12.0. The summed E-state index contributed by atoms with van der Waals surface area (Å²) in [5, 5.41) is 12.6. The number of hydrogen-bond donors (Lipinski definition) is 1. The zero-order valence-electron chi connectivity index (χ0n) is 19.9. The first-order valence-corrected chi connectivity index (χ1v) is 12.0. The number of hydrogen-bond acceptors (Lipinski definition) is 6. The van der Waals surface area contributed by atoms with Gasteiger partial charge in [0.2, 0.25) is 0 Å². The summed E-state index contributed by atoms with van der Waals surface area (Å²) < 4.78 is 5.56. The molecular formula is C28H29N5O2. The lowest BCUT2D eigenvalue weighted by Gasteiger charge is -2.37. The van der Waals surface area contributed by atoms with E-state index < -0.39 is 5.41 Å². The second-order valence-corrected chi connectivity index (χ2v) is 9.31. The minimum atomic E-state index is -0.746. The van der Waals surface area contributed by atoms with E-state index in [0.717, 1.165) is 48.7 Å². The van der Waals surface area contributed by atoms with Crippen LogP contribution in [0, 0.1) is 11.3 Å². The van der Waals surface area contributed by atoms with Crippen LogP contribution < -0.4 is 15.1 Å². The van der Waals surface area contributed by atoms with Gasteiger partial charge in [0.25, 0.3) is 5.91 Å². The maximum atomic E-state index is 12.9. The molecule has 1 aromatic heterocycles. The van der Waals surface area contributed by atoms with Gasteiger partial charge < -0.3 is 19.9 Å². The summed E-state index contributed by atoms with van der Waals surface area (Å²) in [6.45, 7) is 6.77. The van der Waals surface area contributed by atoms with Crippen LogP contribution in [0.5, 0.6) is 0 Å². The van der Waals surface area contributed by atoms with Gasteiger partial charge in [-0.3, -0.25) is 9.78 Å². The Labute approximate surface area is 206 Å². The molecule has 2 aliphatic heterocycles. The summed E-state index contributed by atoms with van der Waals surface area (Å²) in [6, 6.07) is 22.4. The van der Waals surface area contributed by atoms with Crippen molar-refractivity contribution in [3.05, 3.63) is 89.2 Å². The minimum absolute atomic E-state index is 0.178. The van der Waals surface area contributed by atoms with Crippen molar-refractivity contribution < 1.29 is 9.53 Å². The summed E-state index contributed by atoms with van der Waals surface area (Å²) in [4.78, 5) is 22.1. The molecule has 0 spiro atoms. The Morgan fingerprint density at radius 3 is 2.54 bits per heavy atom. The molecular weight excluding hydrogens is 438 g/mol. The molecule has 5 rings (SSSR count). The third-order valence-electron chi connectivity index (χ3n) is 6.86. The van der Waals surface area contributed by atoms with E-state index in [4.69, 9.17) is 4.74 Å². The highest BCUT2D eigenvalue weighted by Gasteiger charge is 2.33. The van der Waals surface area contributed by atoms with Crippen LogP contribution in [0.1, 0.15) is 34.1 Å². The van der Waals surface area contributed by atoms with Gasteiger partial charge in [0.1, 0.15) is 5.41 Å². The standard InChI is InChI=1S/C28H29N5O2/c1-28(19-29)20-35-18-22-8-7-21(15-26(22)28)27(34)31-17-23-16-25(9-10-30-23)33-13-11-32(12-14-33)24-5-3-2-4-6-24/h2-10,15-16H,11-14,17-18,20H2,1H3,(H,31,34)/t28-/m1/s1. The number of nitrogens with one attached hydrogen (secondary N) is 1. The number of aromatic nitrogens is 1. The predicted octanol–water partition coefficient (Wildman–Crippen LogP) is 3.65.